The van der Waals surface area contributed by atoms with Crippen LogP contribution >= 0.6 is 27.3 Å². The third-order valence-corrected chi connectivity index (χ3v) is 4.27. The second-order valence-electron chi connectivity index (χ2n) is 4.03. The summed E-state index contributed by atoms with van der Waals surface area (Å²) in [5, 5.41) is 7.62. The highest BCUT2D eigenvalue weighted by Gasteiger charge is 2.03. The van der Waals surface area contributed by atoms with Gasteiger partial charge in [-0.2, -0.15) is 5.10 Å². The van der Waals surface area contributed by atoms with E-state index in [1.807, 2.05) is 4.68 Å². The van der Waals surface area contributed by atoms with Crippen molar-refractivity contribution in [3.63, 3.8) is 0 Å². The zero-order valence-corrected chi connectivity index (χ0v) is 12.8. The predicted molar refractivity (Wildman–Crippen MR) is 77.7 cm³/mol. The highest BCUT2D eigenvalue weighted by atomic mass is 79.9. The Bertz CT molecular complexity index is 480. The Morgan fingerprint density at radius 3 is 3.06 bits per heavy atom. The maximum absolute atomic E-state index is 4.27. The molecule has 0 saturated carbocycles. The molecule has 0 aromatic carbocycles. The Labute approximate surface area is 120 Å². The van der Waals surface area contributed by atoms with Crippen LogP contribution in [0.25, 0.3) is 0 Å². The van der Waals surface area contributed by atoms with Crippen LogP contribution in [-0.2, 0) is 19.5 Å². The molecule has 0 saturated heterocycles. The molecule has 2 aromatic heterocycles. The van der Waals surface area contributed by atoms with Gasteiger partial charge < -0.3 is 5.32 Å². The van der Waals surface area contributed by atoms with Crippen molar-refractivity contribution in [1.82, 2.24) is 20.1 Å². The molecule has 0 spiro atoms. The number of hydrogen-bond acceptors (Lipinski definition) is 4. The minimum absolute atomic E-state index is 0.784. The molecule has 0 amide bonds. The molecule has 1 N–H and O–H groups in total. The van der Waals surface area contributed by atoms with Crippen molar-refractivity contribution in [2.75, 3.05) is 6.54 Å². The minimum Gasteiger partial charge on any atom is -0.309 e. The Morgan fingerprint density at radius 1 is 1.44 bits per heavy atom. The van der Waals surface area contributed by atoms with E-state index in [0.717, 1.165) is 38.3 Å². The third-order valence-electron chi connectivity index (χ3n) is 2.59. The Kier molecular flexibility index (Phi) is 5.34. The van der Waals surface area contributed by atoms with Gasteiger partial charge in [0.25, 0.3) is 0 Å². The molecule has 0 aliphatic rings. The van der Waals surface area contributed by atoms with Gasteiger partial charge >= 0.3 is 0 Å². The van der Waals surface area contributed by atoms with Gasteiger partial charge in [0, 0.05) is 18.0 Å². The van der Waals surface area contributed by atoms with E-state index in [1.165, 1.54) is 8.66 Å². The van der Waals surface area contributed by atoms with Crippen molar-refractivity contribution in [2.24, 2.45) is 0 Å². The van der Waals surface area contributed by atoms with Crippen LogP contribution in [0.1, 0.15) is 24.0 Å². The van der Waals surface area contributed by atoms with E-state index in [0.29, 0.717) is 0 Å². The zero-order valence-electron chi connectivity index (χ0n) is 10.4. The van der Waals surface area contributed by atoms with Gasteiger partial charge in [-0.05, 0) is 40.9 Å². The van der Waals surface area contributed by atoms with E-state index in [4.69, 9.17) is 0 Å². The van der Waals surface area contributed by atoms with Crippen LogP contribution in [0.3, 0.4) is 0 Å². The van der Waals surface area contributed by atoms with Gasteiger partial charge in [0.05, 0.1) is 10.3 Å². The molecule has 0 radical (unpaired) electrons. The fourth-order valence-electron chi connectivity index (χ4n) is 1.72. The molecule has 0 atom stereocenters. The maximum atomic E-state index is 4.27. The monoisotopic (exact) mass is 328 g/mol. The van der Waals surface area contributed by atoms with Crippen LogP contribution in [0, 0.1) is 0 Å². The summed E-state index contributed by atoms with van der Waals surface area (Å²) < 4.78 is 3.16. The number of hydrogen-bond donors (Lipinski definition) is 1. The minimum atomic E-state index is 0.784. The van der Waals surface area contributed by atoms with Gasteiger partial charge in [0.15, 0.2) is 0 Å². The van der Waals surface area contributed by atoms with Gasteiger partial charge in [0.2, 0.25) is 0 Å². The summed E-state index contributed by atoms with van der Waals surface area (Å²) in [6.45, 7) is 4.83. The first-order valence-corrected chi connectivity index (χ1v) is 7.72. The first kappa shape index (κ1) is 13.7. The van der Waals surface area contributed by atoms with Crippen molar-refractivity contribution in [3.05, 3.63) is 32.9 Å². The normalized spacial score (nSPS) is 11.0. The molecule has 6 heteroatoms. The highest BCUT2D eigenvalue weighted by molar-refractivity contribution is 9.11. The number of halogens is 1. The van der Waals surface area contributed by atoms with Crippen molar-refractivity contribution in [1.29, 1.82) is 0 Å². The molecule has 18 heavy (non-hydrogen) atoms. The van der Waals surface area contributed by atoms with Crippen LogP contribution in [0.4, 0.5) is 0 Å². The smallest absolute Gasteiger partial charge is 0.140 e. The lowest BCUT2D eigenvalue weighted by molar-refractivity contribution is 0.543. The van der Waals surface area contributed by atoms with Crippen molar-refractivity contribution in [3.8, 4) is 0 Å². The molecule has 0 aliphatic heterocycles. The van der Waals surface area contributed by atoms with Gasteiger partial charge in [0.1, 0.15) is 12.2 Å². The molecule has 2 heterocycles. The first-order chi connectivity index (χ1) is 8.79. The van der Waals surface area contributed by atoms with Crippen LogP contribution in [0.15, 0.2) is 22.2 Å². The van der Waals surface area contributed by atoms with E-state index in [2.05, 4.69) is 50.4 Å². The van der Waals surface area contributed by atoms with Gasteiger partial charge in [-0.15, -0.1) is 11.3 Å². The lowest BCUT2D eigenvalue weighted by atomic mass is 10.3. The SMILES string of the molecule is CCCn1ncnc1CNCCc1ccc(Br)s1. The molecule has 0 fully saturated rings. The fraction of sp³-hybridized carbons (Fsp3) is 0.500. The lowest BCUT2D eigenvalue weighted by Gasteiger charge is -2.05. The molecule has 4 nitrogen and oxygen atoms in total. The second-order valence-corrected chi connectivity index (χ2v) is 6.58. The number of nitrogens with one attached hydrogen (secondary N) is 1. The standard InChI is InChI=1S/C12H17BrN4S/c1-2-7-17-12(15-9-16-17)8-14-6-5-10-3-4-11(13)18-10/h3-4,9,14H,2,5-8H2,1H3. The van der Waals surface area contributed by atoms with Gasteiger partial charge in [-0.25, -0.2) is 9.67 Å². The molecule has 0 bridgehead atoms. The Balaban J connectivity index is 1.73. The second kappa shape index (κ2) is 7.01. The van der Waals surface area contributed by atoms with Crippen LogP contribution < -0.4 is 5.32 Å². The molecular weight excluding hydrogens is 312 g/mol. The van der Waals surface area contributed by atoms with Gasteiger partial charge in [-0.3, -0.25) is 0 Å². The summed E-state index contributed by atoms with van der Waals surface area (Å²) in [6, 6.07) is 4.26. The predicted octanol–water partition coefficient (Wildman–Crippen LogP) is 2.84. The zero-order chi connectivity index (χ0) is 12.8. The first-order valence-electron chi connectivity index (χ1n) is 6.11. The topological polar surface area (TPSA) is 42.7 Å². The average Bonchev–Trinajstić information content (AvgIpc) is 2.95. The van der Waals surface area contributed by atoms with Crippen molar-refractivity contribution in [2.45, 2.75) is 32.9 Å². The number of thiophene rings is 1. The summed E-state index contributed by atoms with van der Waals surface area (Å²) in [4.78, 5) is 5.66. The van der Waals surface area contributed by atoms with Crippen molar-refractivity contribution < 1.29 is 0 Å². The summed E-state index contributed by atoms with van der Waals surface area (Å²) in [5.41, 5.74) is 0. The summed E-state index contributed by atoms with van der Waals surface area (Å²) in [5.74, 6) is 1.02. The van der Waals surface area contributed by atoms with Crippen LogP contribution in [0.2, 0.25) is 0 Å². The van der Waals surface area contributed by atoms with Crippen molar-refractivity contribution >= 4 is 27.3 Å². The summed E-state index contributed by atoms with van der Waals surface area (Å²) in [7, 11) is 0. The lowest BCUT2D eigenvalue weighted by Crippen LogP contribution is -2.19. The van der Waals surface area contributed by atoms with Gasteiger partial charge in [-0.1, -0.05) is 6.92 Å². The molecule has 98 valence electrons. The quantitative estimate of drug-likeness (QED) is 0.795. The van der Waals surface area contributed by atoms with E-state index in [1.54, 1.807) is 17.7 Å². The Hall–Kier alpha value is -0.720. The van der Waals surface area contributed by atoms with E-state index < -0.39 is 0 Å². The van der Waals surface area contributed by atoms with Crippen LogP contribution in [0.5, 0.6) is 0 Å². The maximum Gasteiger partial charge on any atom is 0.140 e. The number of nitrogens with zero attached hydrogens (tertiary/aromatic N) is 3. The van der Waals surface area contributed by atoms with E-state index in [-0.39, 0.29) is 0 Å². The largest absolute Gasteiger partial charge is 0.309 e. The number of aromatic nitrogens is 3. The third kappa shape index (κ3) is 3.90. The van der Waals surface area contributed by atoms with Crippen LogP contribution in [-0.4, -0.2) is 21.3 Å². The number of rotatable bonds is 7. The molecule has 2 aromatic rings. The highest BCUT2D eigenvalue weighted by Crippen LogP contribution is 2.21. The molecule has 2 rings (SSSR count). The Morgan fingerprint density at radius 2 is 2.33 bits per heavy atom. The fourth-order valence-corrected chi connectivity index (χ4v) is 3.20. The molecule has 0 aliphatic carbocycles. The van der Waals surface area contributed by atoms with E-state index in [9.17, 15) is 0 Å². The molecule has 0 unspecified atom stereocenters. The summed E-state index contributed by atoms with van der Waals surface area (Å²) in [6.07, 6.45) is 3.76. The average molecular weight is 329 g/mol. The van der Waals surface area contributed by atoms with E-state index >= 15 is 0 Å². The number of aryl methyl sites for hydroxylation is 1. The summed E-state index contributed by atoms with van der Waals surface area (Å²) >= 11 is 5.27. The molecular formula is C12H17BrN4S.